The van der Waals surface area contributed by atoms with Gasteiger partial charge < -0.3 is 9.84 Å². The molecule has 5 heteroatoms. The molecular formula is C21H27Cl2O2Y-. The fourth-order valence-corrected chi connectivity index (χ4v) is 4.80. The zero-order valence-electron chi connectivity index (χ0n) is 16.0. The van der Waals surface area contributed by atoms with Crippen LogP contribution in [0.2, 0.25) is 0 Å². The van der Waals surface area contributed by atoms with Crippen molar-refractivity contribution in [3.63, 3.8) is 0 Å². The molecule has 1 saturated carbocycles. The summed E-state index contributed by atoms with van der Waals surface area (Å²) in [5.74, 6) is 6.39. The molecule has 1 aromatic rings. The van der Waals surface area contributed by atoms with Crippen molar-refractivity contribution in [2.75, 3.05) is 6.61 Å². The number of hydrogen-bond donors (Lipinski definition) is 1. The van der Waals surface area contributed by atoms with Gasteiger partial charge in [0.2, 0.25) is 0 Å². The van der Waals surface area contributed by atoms with Gasteiger partial charge in [-0.15, -0.1) is 29.1 Å². The average Bonchev–Trinajstić information content (AvgIpc) is 2.79. The molecule has 4 atom stereocenters. The number of aliphatic hydroxyl groups is 1. The van der Waals surface area contributed by atoms with E-state index in [1.165, 1.54) is 0 Å². The van der Waals surface area contributed by atoms with Gasteiger partial charge in [0.25, 0.3) is 0 Å². The number of hydrogen-bond acceptors (Lipinski definition) is 2. The largest absolute Gasteiger partial charge is 0.546 e. The predicted octanol–water partition coefficient (Wildman–Crippen LogP) is 5.05. The van der Waals surface area contributed by atoms with E-state index in [-0.39, 0.29) is 55.3 Å². The normalized spacial score (nSPS) is 25.4. The molecule has 1 aliphatic carbocycles. The Balaban J connectivity index is 0.00000338. The second kappa shape index (κ2) is 10.2. The summed E-state index contributed by atoms with van der Waals surface area (Å²) < 4.78 is 4.74. The van der Waals surface area contributed by atoms with Crippen molar-refractivity contribution >= 4 is 23.2 Å². The van der Waals surface area contributed by atoms with E-state index in [0.717, 1.165) is 28.7 Å². The molecule has 1 N–H and O–H groups in total. The van der Waals surface area contributed by atoms with Gasteiger partial charge in [0.05, 0.1) is 12.2 Å². The van der Waals surface area contributed by atoms with Crippen LogP contribution >= 0.6 is 23.2 Å². The zero-order valence-corrected chi connectivity index (χ0v) is 20.3. The maximum atomic E-state index is 10.5. The van der Waals surface area contributed by atoms with Crippen molar-refractivity contribution < 1.29 is 42.6 Å². The number of alkyl halides is 2. The van der Waals surface area contributed by atoms with Crippen molar-refractivity contribution in [2.24, 2.45) is 5.92 Å². The second-order valence-electron chi connectivity index (χ2n) is 7.43. The predicted molar refractivity (Wildman–Crippen MR) is 105 cm³/mol. The third-order valence-electron chi connectivity index (χ3n) is 5.14. The SMILES string of the molecule is [CH2-]OCC#CCC1C(Cl)CC(Cl)C1c1cc(C)c(C)c(C(C)(C)O)c1.[Y]. The van der Waals surface area contributed by atoms with Crippen molar-refractivity contribution in [1.82, 2.24) is 0 Å². The Hall–Kier alpha value is 0.384. The molecule has 1 aliphatic rings. The Bertz CT molecular complexity index is 673. The molecule has 1 aromatic carbocycles. The number of benzene rings is 1. The van der Waals surface area contributed by atoms with Crippen LogP contribution in [0.5, 0.6) is 0 Å². The van der Waals surface area contributed by atoms with Gasteiger partial charge in [0, 0.05) is 55.8 Å². The molecule has 0 aliphatic heterocycles. The van der Waals surface area contributed by atoms with Crippen LogP contribution in [0.1, 0.15) is 54.9 Å². The summed E-state index contributed by atoms with van der Waals surface area (Å²) in [5.41, 5.74) is 3.47. The molecule has 2 nitrogen and oxygen atoms in total. The zero-order chi connectivity index (χ0) is 18.8. The van der Waals surface area contributed by atoms with Gasteiger partial charge in [-0.1, -0.05) is 18.1 Å². The van der Waals surface area contributed by atoms with Crippen LogP contribution in [0.25, 0.3) is 0 Å². The first-order chi connectivity index (χ1) is 11.7. The van der Waals surface area contributed by atoms with Crippen molar-refractivity contribution in [2.45, 2.75) is 62.8 Å². The van der Waals surface area contributed by atoms with Gasteiger partial charge in [0.15, 0.2) is 0 Å². The molecule has 0 bridgehead atoms. The Kier molecular flexibility index (Phi) is 9.62. The van der Waals surface area contributed by atoms with E-state index in [2.05, 4.69) is 38.0 Å². The molecule has 1 fully saturated rings. The smallest absolute Gasteiger partial charge is 0.0843 e. The first-order valence-electron chi connectivity index (χ1n) is 8.61. The van der Waals surface area contributed by atoms with E-state index in [9.17, 15) is 5.11 Å². The molecule has 1 radical (unpaired) electrons. The first kappa shape index (κ1) is 24.4. The fourth-order valence-electron chi connectivity index (χ4n) is 3.75. The van der Waals surface area contributed by atoms with E-state index in [1.807, 2.05) is 20.8 Å². The van der Waals surface area contributed by atoms with E-state index in [1.54, 1.807) is 0 Å². The quantitative estimate of drug-likeness (QED) is 0.379. The minimum atomic E-state index is -0.896. The summed E-state index contributed by atoms with van der Waals surface area (Å²) in [6.07, 6.45) is 1.44. The summed E-state index contributed by atoms with van der Waals surface area (Å²) in [5, 5.41) is 10.5. The van der Waals surface area contributed by atoms with E-state index >= 15 is 0 Å². The van der Waals surface area contributed by atoms with Crippen LogP contribution in [0.15, 0.2) is 12.1 Å². The van der Waals surface area contributed by atoms with Crippen LogP contribution in [-0.4, -0.2) is 22.5 Å². The summed E-state index contributed by atoms with van der Waals surface area (Å²) >= 11 is 13.3. The van der Waals surface area contributed by atoms with Gasteiger partial charge >= 0.3 is 0 Å². The van der Waals surface area contributed by atoms with Gasteiger partial charge in [-0.05, 0) is 62.3 Å². The summed E-state index contributed by atoms with van der Waals surface area (Å²) in [4.78, 5) is 0. The molecule has 141 valence electrons. The standard InChI is InChI=1S/C21H27Cl2O2.Y/c1-13-10-15(11-17(14(13)2)21(3,4)24)20-16(8-6-7-9-25-5)18(22)12-19(20)23;/h10-11,16,18-20,24H,5,8-9,12H2,1-4H3;/q-1;. The molecule has 0 amide bonds. The van der Waals surface area contributed by atoms with Gasteiger partial charge in [-0.2, -0.15) is 0 Å². The molecule has 0 heterocycles. The topological polar surface area (TPSA) is 29.5 Å². The van der Waals surface area contributed by atoms with Crippen molar-refractivity contribution in [3.8, 4) is 11.8 Å². The summed E-state index contributed by atoms with van der Waals surface area (Å²) in [6.45, 7) is 8.08. The Labute approximate surface area is 193 Å². The molecule has 2 rings (SSSR count). The minimum absolute atomic E-state index is 0. The average molecular weight is 471 g/mol. The van der Waals surface area contributed by atoms with E-state index in [4.69, 9.17) is 27.9 Å². The van der Waals surface area contributed by atoms with Crippen LogP contribution in [0.4, 0.5) is 0 Å². The minimum Gasteiger partial charge on any atom is -0.546 e. The first-order valence-corrected chi connectivity index (χ1v) is 9.49. The molecule has 0 saturated heterocycles. The van der Waals surface area contributed by atoms with Crippen LogP contribution in [-0.2, 0) is 43.0 Å². The van der Waals surface area contributed by atoms with E-state index in [0.29, 0.717) is 13.0 Å². The molecule has 4 unspecified atom stereocenters. The van der Waals surface area contributed by atoms with Gasteiger partial charge in [0.1, 0.15) is 0 Å². The molecular weight excluding hydrogens is 444 g/mol. The van der Waals surface area contributed by atoms with Gasteiger partial charge in [-0.25, -0.2) is 7.11 Å². The number of rotatable bonds is 4. The molecule has 26 heavy (non-hydrogen) atoms. The third-order valence-corrected chi connectivity index (χ3v) is 6.09. The van der Waals surface area contributed by atoms with Gasteiger partial charge in [-0.3, -0.25) is 0 Å². The maximum absolute atomic E-state index is 10.5. The number of halogens is 2. The molecule has 0 aromatic heterocycles. The van der Waals surface area contributed by atoms with Crippen LogP contribution in [0, 0.1) is 38.7 Å². The molecule has 0 spiro atoms. The Morgan fingerprint density at radius 2 is 1.88 bits per heavy atom. The summed E-state index contributed by atoms with van der Waals surface area (Å²) in [6, 6.07) is 4.27. The van der Waals surface area contributed by atoms with Crippen molar-refractivity contribution in [3.05, 3.63) is 41.5 Å². The Morgan fingerprint density at radius 1 is 1.23 bits per heavy atom. The van der Waals surface area contributed by atoms with E-state index < -0.39 is 5.60 Å². The third kappa shape index (κ3) is 5.70. The fraction of sp³-hybridized carbons (Fsp3) is 0.571. The Morgan fingerprint density at radius 3 is 2.46 bits per heavy atom. The maximum Gasteiger partial charge on any atom is 0.0843 e. The monoisotopic (exact) mass is 470 g/mol. The second-order valence-corrected chi connectivity index (χ2v) is 8.55. The number of ether oxygens (including phenoxy) is 1. The number of aryl methyl sites for hydroxylation is 1. The summed E-state index contributed by atoms with van der Waals surface area (Å²) in [7, 11) is 3.32. The van der Waals surface area contributed by atoms with Crippen molar-refractivity contribution in [1.29, 1.82) is 0 Å². The van der Waals surface area contributed by atoms with Crippen LogP contribution in [0.3, 0.4) is 0 Å². The van der Waals surface area contributed by atoms with Crippen LogP contribution < -0.4 is 0 Å².